The summed E-state index contributed by atoms with van der Waals surface area (Å²) in [4.78, 5) is 22.5. The molecule has 0 aliphatic carbocycles. The van der Waals surface area contributed by atoms with Crippen LogP contribution in [-0.4, -0.2) is 36.1 Å². The standard InChI is InChI=1S/C15H16ClN3O2/c1-21-15(20)10-3-2-6-19(8-10)14-12-5-4-11(16)7-13(12)17-9-18-14/h4-5,7,9-10H,2-3,6,8H2,1H3/t10-/m0/s1. The van der Waals surface area contributed by atoms with Crippen molar-refractivity contribution in [1.29, 1.82) is 0 Å². The summed E-state index contributed by atoms with van der Waals surface area (Å²) in [6, 6.07) is 5.58. The first kappa shape index (κ1) is 14.1. The van der Waals surface area contributed by atoms with Gasteiger partial charge in [-0.1, -0.05) is 11.6 Å². The molecule has 110 valence electrons. The number of hydrogen-bond donors (Lipinski definition) is 0. The van der Waals surface area contributed by atoms with E-state index in [4.69, 9.17) is 16.3 Å². The number of piperidine rings is 1. The molecule has 2 aromatic rings. The Balaban J connectivity index is 1.94. The lowest BCUT2D eigenvalue weighted by atomic mass is 9.98. The van der Waals surface area contributed by atoms with E-state index in [9.17, 15) is 4.79 Å². The fourth-order valence-corrected chi connectivity index (χ4v) is 2.96. The highest BCUT2D eigenvalue weighted by atomic mass is 35.5. The Morgan fingerprint density at radius 3 is 3.10 bits per heavy atom. The van der Waals surface area contributed by atoms with Crippen LogP contribution in [0.3, 0.4) is 0 Å². The largest absolute Gasteiger partial charge is 0.469 e. The van der Waals surface area contributed by atoms with Crippen molar-refractivity contribution in [3.05, 3.63) is 29.5 Å². The van der Waals surface area contributed by atoms with Gasteiger partial charge in [0.1, 0.15) is 12.1 Å². The van der Waals surface area contributed by atoms with Crippen LogP contribution in [0.2, 0.25) is 5.02 Å². The lowest BCUT2D eigenvalue weighted by molar-refractivity contribution is -0.145. The fourth-order valence-electron chi connectivity index (χ4n) is 2.80. The van der Waals surface area contributed by atoms with Gasteiger partial charge in [-0.15, -0.1) is 0 Å². The van der Waals surface area contributed by atoms with Crippen LogP contribution in [0.15, 0.2) is 24.5 Å². The first-order valence-corrected chi connectivity index (χ1v) is 7.30. The van der Waals surface area contributed by atoms with E-state index < -0.39 is 0 Å². The Labute approximate surface area is 127 Å². The topological polar surface area (TPSA) is 55.3 Å². The summed E-state index contributed by atoms with van der Waals surface area (Å²) < 4.78 is 4.86. The third kappa shape index (κ3) is 2.78. The molecule has 1 aromatic heterocycles. The number of hydrogen-bond acceptors (Lipinski definition) is 5. The molecule has 3 rings (SSSR count). The van der Waals surface area contributed by atoms with Gasteiger partial charge in [0, 0.05) is 23.5 Å². The smallest absolute Gasteiger partial charge is 0.310 e. The molecule has 0 radical (unpaired) electrons. The van der Waals surface area contributed by atoms with Crippen LogP contribution in [-0.2, 0) is 9.53 Å². The number of nitrogens with zero attached hydrogens (tertiary/aromatic N) is 3. The molecule has 21 heavy (non-hydrogen) atoms. The number of fused-ring (bicyclic) bond motifs is 1. The molecule has 1 fully saturated rings. The molecule has 1 saturated heterocycles. The van der Waals surface area contributed by atoms with Crippen LogP contribution in [0.25, 0.3) is 10.9 Å². The number of ether oxygens (including phenoxy) is 1. The summed E-state index contributed by atoms with van der Waals surface area (Å²) in [5.74, 6) is 0.604. The minimum atomic E-state index is -0.152. The molecule has 1 aliphatic rings. The number of carbonyl (C=O) groups is 1. The molecule has 1 atom stereocenters. The van der Waals surface area contributed by atoms with Gasteiger partial charge in [-0.05, 0) is 31.0 Å². The van der Waals surface area contributed by atoms with E-state index in [1.54, 1.807) is 0 Å². The summed E-state index contributed by atoms with van der Waals surface area (Å²) in [5.41, 5.74) is 0.813. The fraction of sp³-hybridized carbons (Fsp3) is 0.400. The second-order valence-corrected chi connectivity index (χ2v) is 5.60. The Morgan fingerprint density at radius 1 is 1.43 bits per heavy atom. The number of esters is 1. The molecule has 0 unspecified atom stereocenters. The molecule has 0 spiro atoms. The minimum Gasteiger partial charge on any atom is -0.469 e. The van der Waals surface area contributed by atoms with Gasteiger partial charge in [0.2, 0.25) is 0 Å². The van der Waals surface area contributed by atoms with Gasteiger partial charge in [0.25, 0.3) is 0 Å². The summed E-state index contributed by atoms with van der Waals surface area (Å²) in [6.45, 7) is 1.50. The molecular weight excluding hydrogens is 290 g/mol. The average Bonchev–Trinajstić information content (AvgIpc) is 2.53. The number of benzene rings is 1. The Bertz CT molecular complexity index is 677. The van der Waals surface area contributed by atoms with Crippen molar-refractivity contribution in [3.8, 4) is 0 Å². The van der Waals surface area contributed by atoms with Gasteiger partial charge < -0.3 is 9.64 Å². The van der Waals surface area contributed by atoms with Crippen LogP contribution < -0.4 is 4.90 Å². The number of halogens is 1. The predicted octanol–water partition coefficient (Wildman–Crippen LogP) is 2.67. The van der Waals surface area contributed by atoms with Crippen LogP contribution >= 0.6 is 11.6 Å². The number of rotatable bonds is 2. The lowest BCUT2D eigenvalue weighted by Crippen LogP contribution is -2.39. The number of methoxy groups -OCH3 is 1. The van der Waals surface area contributed by atoms with Gasteiger partial charge in [0.15, 0.2) is 0 Å². The van der Waals surface area contributed by atoms with Crippen molar-refractivity contribution in [3.63, 3.8) is 0 Å². The summed E-state index contributed by atoms with van der Waals surface area (Å²) >= 11 is 6.01. The van der Waals surface area contributed by atoms with E-state index >= 15 is 0 Å². The van der Waals surface area contributed by atoms with Gasteiger partial charge in [-0.2, -0.15) is 0 Å². The first-order chi connectivity index (χ1) is 10.2. The molecule has 5 nitrogen and oxygen atoms in total. The highest BCUT2D eigenvalue weighted by Crippen LogP contribution is 2.29. The molecule has 0 N–H and O–H groups in total. The van der Waals surface area contributed by atoms with Gasteiger partial charge in [0.05, 0.1) is 18.5 Å². The van der Waals surface area contributed by atoms with Crippen molar-refractivity contribution in [2.24, 2.45) is 5.92 Å². The van der Waals surface area contributed by atoms with E-state index in [0.29, 0.717) is 11.6 Å². The number of anilines is 1. The van der Waals surface area contributed by atoms with E-state index in [1.165, 1.54) is 13.4 Å². The molecule has 2 heterocycles. The average molecular weight is 306 g/mol. The Kier molecular flexibility index (Phi) is 3.92. The molecule has 0 bridgehead atoms. The number of aromatic nitrogens is 2. The maximum absolute atomic E-state index is 11.8. The van der Waals surface area contributed by atoms with E-state index in [1.807, 2.05) is 18.2 Å². The second-order valence-electron chi connectivity index (χ2n) is 5.17. The SMILES string of the molecule is COC(=O)[C@H]1CCCN(c2ncnc3cc(Cl)ccc23)C1. The molecular formula is C15H16ClN3O2. The molecule has 1 aliphatic heterocycles. The molecule has 0 saturated carbocycles. The third-order valence-electron chi connectivity index (χ3n) is 3.83. The number of carbonyl (C=O) groups excluding carboxylic acids is 1. The zero-order chi connectivity index (χ0) is 14.8. The van der Waals surface area contributed by atoms with Crippen LogP contribution in [0.1, 0.15) is 12.8 Å². The summed E-state index contributed by atoms with van der Waals surface area (Å²) in [6.07, 6.45) is 3.34. The van der Waals surface area contributed by atoms with Gasteiger partial charge >= 0.3 is 5.97 Å². The molecule has 6 heteroatoms. The van der Waals surface area contributed by atoms with Crippen molar-refractivity contribution in [1.82, 2.24) is 9.97 Å². The third-order valence-corrected chi connectivity index (χ3v) is 4.07. The minimum absolute atomic E-state index is 0.0962. The quantitative estimate of drug-likeness (QED) is 0.798. The van der Waals surface area contributed by atoms with Crippen molar-refractivity contribution in [2.45, 2.75) is 12.8 Å². The van der Waals surface area contributed by atoms with Crippen molar-refractivity contribution < 1.29 is 9.53 Å². The summed E-state index contributed by atoms with van der Waals surface area (Å²) in [7, 11) is 1.43. The van der Waals surface area contributed by atoms with E-state index in [0.717, 1.165) is 36.1 Å². The zero-order valence-electron chi connectivity index (χ0n) is 11.8. The maximum atomic E-state index is 11.8. The van der Waals surface area contributed by atoms with Crippen LogP contribution in [0, 0.1) is 5.92 Å². The Hall–Kier alpha value is -1.88. The predicted molar refractivity (Wildman–Crippen MR) is 81.5 cm³/mol. The van der Waals surface area contributed by atoms with Gasteiger partial charge in [-0.3, -0.25) is 4.79 Å². The zero-order valence-corrected chi connectivity index (χ0v) is 12.5. The van der Waals surface area contributed by atoms with Gasteiger partial charge in [-0.25, -0.2) is 9.97 Å². The highest BCUT2D eigenvalue weighted by molar-refractivity contribution is 6.31. The summed E-state index contributed by atoms with van der Waals surface area (Å²) in [5, 5.41) is 1.60. The van der Waals surface area contributed by atoms with Crippen molar-refractivity contribution >= 4 is 34.3 Å². The maximum Gasteiger partial charge on any atom is 0.310 e. The highest BCUT2D eigenvalue weighted by Gasteiger charge is 2.27. The lowest BCUT2D eigenvalue weighted by Gasteiger charge is -2.32. The monoisotopic (exact) mass is 305 g/mol. The normalized spacial score (nSPS) is 18.8. The van der Waals surface area contributed by atoms with E-state index in [2.05, 4.69) is 14.9 Å². The Morgan fingerprint density at radius 2 is 2.29 bits per heavy atom. The second kappa shape index (κ2) is 5.85. The molecule has 0 amide bonds. The first-order valence-electron chi connectivity index (χ1n) is 6.92. The van der Waals surface area contributed by atoms with Crippen molar-refractivity contribution in [2.75, 3.05) is 25.1 Å². The van der Waals surface area contributed by atoms with E-state index in [-0.39, 0.29) is 11.9 Å². The van der Waals surface area contributed by atoms with Crippen LogP contribution in [0.4, 0.5) is 5.82 Å². The molecule has 1 aromatic carbocycles. The van der Waals surface area contributed by atoms with Crippen LogP contribution in [0.5, 0.6) is 0 Å².